The Morgan fingerprint density at radius 3 is 0.593 bits per heavy atom. The SMILES string of the molecule is CC(C)(C)c1ccc(COc2c3cccc2Cc2cccc(c2O)Cc2cc(-c4cc5c(O)c(c4)Cc4cccc(c4OCc4ccc(C(C)(C)C)cc4)Cc4cccc(c4O)Cc4cccc(c4OCc4ccc(C(C)(C)C)cc4)C5)cc(c2OCc2ccc(C(C)(C)C)cc2)Cc2cccc(c2O)C3)cc1. The molecule has 12 aromatic rings. The summed E-state index contributed by atoms with van der Waals surface area (Å²) in [6, 6.07) is 80.0. The van der Waals surface area contributed by atoms with E-state index in [-0.39, 0.29) is 76.9 Å². The Bertz CT molecular complexity index is 5010. The molecule has 8 nitrogen and oxygen atoms in total. The number of hydrogen-bond acceptors (Lipinski definition) is 8. The number of para-hydroxylation sites is 6. The molecule has 0 aliphatic heterocycles. The first kappa shape index (κ1) is 73.9. The van der Waals surface area contributed by atoms with E-state index in [9.17, 15) is 20.4 Å². The molecule has 0 heterocycles. The van der Waals surface area contributed by atoms with Crippen LogP contribution in [0.25, 0.3) is 11.1 Å². The van der Waals surface area contributed by atoms with Crippen molar-refractivity contribution in [1.82, 2.24) is 0 Å². The van der Waals surface area contributed by atoms with E-state index in [1.165, 1.54) is 22.3 Å². The summed E-state index contributed by atoms with van der Waals surface area (Å²) in [6.07, 6.45) is 2.66. The van der Waals surface area contributed by atoms with Crippen LogP contribution in [0, 0.1) is 0 Å². The van der Waals surface area contributed by atoms with Gasteiger partial charge in [-0.2, -0.15) is 0 Å². The van der Waals surface area contributed by atoms with Gasteiger partial charge in [-0.1, -0.05) is 289 Å². The molecule has 108 heavy (non-hydrogen) atoms. The summed E-state index contributed by atoms with van der Waals surface area (Å²) in [5.74, 6) is 3.55. The van der Waals surface area contributed by atoms with Crippen LogP contribution >= 0.6 is 0 Å². The number of hydrogen-bond donors (Lipinski definition) is 4. The molecule has 0 radical (unpaired) electrons. The zero-order valence-corrected chi connectivity index (χ0v) is 64.8. The molecule has 4 N–H and O–H groups in total. The van der Waals surface area contributed by atoms with Gasteiger partial charge >= 0.3 is 0 Å². The molecule has 2 aliphatic carbocycles. The molecule has 8 heteroatoms. The average molecular weight is 1430 g/mol. The predicted molar refractivity (Wildman–Crippen MR) is 438 cm³/mol. The minimum atomic E-state index is -0.0452. The third kappa shape index (κ3) is 16.6. The van der Waals surface area contributed by atoms with Crippen LogP contribution in [0.2, 0.25) is 0 Å². The van der Waals surface area contributed by atoms with Gasteiger partial charge < -0.3 is 39.4 Å². The van der Waals surface area contributed by atoms with Crippen molar-refractivity contribution in [3.05, 3.63) is 364 Å². The number of fused-ring (bicyclic) bond motifs is 16. The van der Waals surface area contributed by atoms with Crippen LogP contribution in [-0.2, 0) is 99.5 Å². The van der Waals surface area contributed by atoms with E-state index < -0.39 is 0 Å². The van der Waals surface area contributed by atoms with Gasteiger partial charge in [0.1, 0.15) is 72.4 Å². The maximum Gasteiger partial charge on any atom is 0.126 e. The number of phenols is 4. The van der Waals surface area contributed by atoms with Crippen molar-refractivity contribution in [1.29, 1.82) is 0 Å². The molecule has 0 aromatic heterocycles. The fraction of sp³-hybridized carbons (Fsp3) is 0.280. The van der Waals surface area contributed by atoms with Crippen molar-refractivity contribution < 1.29 is 39.4 Å². The minimum Gasteiger partial charge on any atom is -0.507 e. The second-order valence-corrected chi connectivity index (χ2v) is 34.1. The lowest BCUT2D eigenvalue weighted by atomic mass is 9.86. The third-order valence-corrected chi connectivity index (χ3v) is 21.8. The number of phenolic OH excluding ortho intramolecular Hbond substituents is 4. The quantitative estimate of drug-likeness (QED) is 0.0902. The Morgan fingerprint density at radius 2 is 0.380 bits per heavy atom. The summed E-state index contributed by atoms with van der Waals surface area (Å²) >= 11 is 0. The van der Waals surface area contributed by atoms with Crippen molar-refractivity contribution in [2.24, 2.45) is 0 Å². The highest BCUT2D eigenvalue weighted by Gasteiger charge is 2.28. The van der Waals surface area contributed by atoms with E-state index in [2.05, 4.69) is 253 Å². The van der Waals surface area contributed by atoms with Crippen LogP contribution in [0.1, 0.15) is 217 Å². The van der Waals surface area contributed by atoms with Crippen LogP contribution in [0.15, 0.2) is 231 Å². The lowest BCUT2D eigenvalue weighted by Gasteiger charge is -2.23. The molecule has 0 spiro atoms. The topological polar surface area (TPSA) is 118 Å². The predicted octanol–water partition coefficient (Wildman–Crippen LogP) is 23.0. The molecule has 0 fully saturated rings. The standard InChI is InChI=1S/C100H102O8/c1-97(2,3)85-39-31-63(32-40-85)59-105-93-73-25-16-26-74(93)50-70-22-15-24-72(91(70)103)52-84-58-80(57-83(51-71-23-14-21-69(49-73)90(71)102)96(84)108-62-66-37-45-88(46-38-66)100(10,11)12)79-55-81-53-77-29-17-27-75(94(77)106-60-64-33-41-86(42-34-64)98(4,5)6)47-67-19-13-20-68(89(67)101)48-76-28-18-30-78(54-82(56-79)92(81)104)95(76)107-61-65-35-43-87(44-36-65)99(7,8)9/h13-46,55-58,101-104H,47-54,59-62H2,1-12H3. The maximum atomic E-state index is 13.4. The van der Waals surface area contributed by atoms with Gasteiger partial charge in [0.25, 0.3) is 0 Å². The maximum absolute atomic E-state index is 13.4. The van der Waals surface area contributed by atoms with Crippen molar-refractivity contribution in [2.75, 3.05) is 0 Å². The molecule has 0 saturated carbocycles. The molecule has 0 atom stereocenters. The highest BCUT2D eigenvalue weighted by molar-refractivity contribution is 5.73. The van der Waals surface area contributed by atoms with Gasteiger partial charge in [0, 0.05) is 51.4 Å². The van der Waals surface area contributed by atoms with Crippen LogP contribution in [-0.4, -0.2) is 20.4 Å². The second-order valence-electron chi connectivity index (χ2n) is 34.1. The van der Waals surface area contributed by atoms with Crippen molar-refractivity contribution in [2.45, 2.75) is 183 Å². The fourth-order valence-corrected chi connectivity index (χ4v) is 15.3. The van der Waals surface area contributed by atoms with E-state index >= 15 is 0 Å². The van der Waals surface area contributed by atoms with Gasteiger partial charge in [-0.05, 0) is 191 Å². The largest absolute Gasteiger partial charge is 0.507 e. The first-order valence-electron chi connectivity index (χ1n) is 38.2. The first-order valence-corrected chi connectivity index (χ1v) is 38.2. The molecule has 0 amide bonds. The Morgan fingerprint density at radius 1 is 0.213 bits per heavy atom. The minimum absolute atomic E-state index is 0.00568. The van der Waals surface area contributed by atoms with E-state index in [0.717, 1.165) is 117 Å². The molecule has 0 saturated heterocycles. The molecule has 2 aliphatic rings. The van der Waals surface area contributed by atoms with Gasteiger partial charge in [-0.3, -0.25) is 0 Å². The highest BCUT2D eigenvalue weighted by Crippen LogP contribution is 2.45. The van der Waals surface area contributed by atoms with E-state index in [1.807, 2.05) is 60.7 Å². The Kier molecular flexibility index (Phi) is 20.8. The number of benzene rings is 12. The Balaban J connectivity index is 0.941. The second kappa shape index (κ2) is 30.4. The summed E-state index contributed by atoms with van der Waals surface area (Å²) in [5.41, 5.74) is 23.6. The monoisotopic (exact) mass is 1430 g/mol. The smallest absolute Gasteiger partial charge is 0.126 e. The lowest BCUT2D eigenvalue weighted by Crippen LogP contribution is -2.11. The number of ether oxygens (including phenoxy) is 4. The first-order chi connectivity index (χ1) is 51.6. The summed E-state index contributed by atoms with van der Waals surface area (Å²) in [7, 11) is 0. The summed E-state index contributed by atoms with van der Waals surface area (Å²) in [6.45, 7) is 27.8. The molecule has 14 rings (SSSR count). The van der Waals surface area contributed by atoms with E-state index in [0.29, 0.717) is 73.9 Å². The highest BCUT2D eigenvalue weighted by atomic mass is 16.5. The average Bonchev–Trinajstić information content (AvgIpc) is 0.762. The summed E-state index contributed by atoms with van der Waals surface area (Å²) < 4.78 is 28.5. The fourth-order valence-electron chi connectivity index (χ4n) is 15.3. The van der Waals surface area contributed by atoms with Gasteiger partial charge in [0.15, 0.2) is 0 Å². The van der Waals surface area contributed by atoms with Crippen molar-refractivity contribution in [3.63, 3.8) is 0 Å². The van der Waals surface area contributed by atoms with Gasteiger partial charge in [-0.25, -0.2) is 0 Å². The van der Waals surface area contributed by atoms with Crippen LogP contribution in [0.3, 0.4) is 0 Å². The third-order valence-electron chi connectivity index (χ3n) is 21.8. The normalized spacial score (nSPS) is 13.2. The Hall–Kier alpha value is -11.0. The molecule has 16 bridgehead atoms. The lowest BCUT2D eigenvalue weighted by molar-refractivity contribution is 0.300. The van der Waals surface area contributed by atoms with Crippen molar-refractivity contribution in [3.8, 4) is 57.1 Å². The number of rotatable bonds is 13. The van der Waals surface area contributed by atoms with Crippen LogP contribution in [0.5, 0.6) is 46.0 Å². The summed E-state index contributed by atoms with van der Waals surface area (Å²) in [5, 5.41) is 51.6. The van der Waals surface area contributed by atoms with Crippen LogP contribution < -0.4 is 18.9 Å². The van der Waals surface area contributed by atoms with E-state index in [1.54, 1.807) is 0 Å². The van der Waals surface area contributed by atoms with Crippen molar-refractivity contribution >= 4 is 0 Å². The number of aromatic hydroxyl groups is 4. The Labute approximate surface area is 639 Å². The molecule has 12 aromatic carbocycles. The van der Waals surface area contributed by atoms with E-state index in [4.69, 9.17) is 18.9 Å². The van der Waals surface area contributed by atoms with Gasteiger partial charge in [0.05, 0.1) is 0 Å². The zero-order chi connectivity index (χ0) is 75.8. The molecular weight excluding hydrogens is 1330 g/mol. The molecule has 0 unspecified atom stereocenters. The molecular formula is C100H102O8. The van der Waals surface area contributed by atoms with Gasteiger partial charge in [-0.15, -0.1) is 0 Å². The van der Waals surface area contributed by atoms with Gasteiger partial charge in [0.2, 0.25) is 0 Å². The zero-order valence-electron chi connectivity index (χ0n) is 64.8. The summed E-state index contributed by atoms with van der Waals surface area (Å²) in [4.78, 5) is 0. The van der Waals surface area contributed by atoms with Crippen LogP contribution in [0.4, 0.5) is 0 Å². The molecule has 550 valence electrons.